The van der Waals surface area contributed by atoms with Crippen molar-refractivity contribution in [1.29, 1.82) is 0 Å². The molecule has 0 radical (unpaired) electrons. The number of benzene rings is 1. The van der Waals surface area contributed by atoms with Crippen LogP contribution in [0.2, 0.25) is 0 Å². The number of aromatic nitrogens is 1. The lowest BCUT2D eigenvalue weighted by molar-refractivity contribution is 0.0934. The first-order valence-electron chi connectivity index (χ1n) is 7.80. The number of hydrogen-bond acceptors (Lipinski definition) is 4. The van der Waals surface area contributed by atoms with Crippen LogP contribution in [-0.2, 0) is 0 Å². The molecule has 5 nitrogen and oxygen atoms in total. The summed E-state index contributed by atoms with van der Waals surface area (Å²) in [6.07, 6.45) is 2.53. The summed E-state index contributed by atoms with van der Waals surface area (Å²) in [5.74, 6) is 0.503. The molecular formula is C18H23N3O2. The molecule has 1 aromatic carbocycles. The number of rotatable bonds is 7. The molecule has 3 N–H and O–H groups in total. The van der Waals surface area contributed by atoms with Gasteiger partial charge in [0.25, 0.3) is 5.91 Å². The molecule has 0 spiro atoms. The summed E-state index contributed by atoms with van der Waals surface area (Å²) in [6, 6.07) is 10.9. The van der Waals surface area contributed by atoms with Crippen molar-refractivity contribution < 1.29 is 9.53 Å². The predicted octanol–water partition coefficient (Wildman–Crippen LogP) is 2.61. The number of aryl methyl sites for hydroxylation is 1. The van der Waals surface area contributed by atoms with Crippen LogP contribution in [-0.4, -0.2) is 24.0 Å². The molecule has 23 heavy (non-hydrogen) atoms. The average Bonchev–Trinajstić information content (AvgIpc) is 2.57. The molecule has 0 aliphatic carbocycles. The SMILES string of the molecule is CCC(NC(=O)c1cccc(OCCN)c1)c1cc(C)ccn1. The van der Waals surface area contributed by atoms with Crippen LogP contribution in [0, 0.1) is 6.92 Å². The van der Waals surface area contributed by atoms with Crippen LogP contribution in [0.25, 0.3) is 0 Å². The van der Waals surface area contributed by atoms with E-state index >= 15 is 0 Å². The lowest BCUT2D eigenvalue weighted by Crippen LogP contribution is -2.28. The van der Waals surface area contributed by atoms with E-state index in [0.717, 1.165) is 17.7 Å². The molecule has 2 rings (SSSR count). The number of pyridine rings is 1. The van der Waals surface area contributed by atoms with Gasteiger partial charge in [0.1, 0.15) is 12.4 Å². The zero-order valence-corrected chi connectivity index (χ0v) is 13.6. The molecule has 0 fully saturated rings. The zero-order chi connectivity index (χ0) is 16.7. The smallest absolute Gasteiger partial charge is 0.251 e. The number of carbonyl (C=O) groups excluding carboxylic acids is 1. The second-order valence-corrected chi connectivity index (χ2v) is 5.36. The van der Waals surface area contributed by atoms with E-state index in [1.807, 2.05) is 32.0 Å². The second-order valence-electron chi connectivity index (χ2n) is 5.36. The van der Waals surface area contributed by atoms with Gasteiger partial charge >= 0.3 is 0 Å². The topological polar surface area (TPSA) is 77.2 Å². The summed E-state index contributed by atoms with van der Waals surface area (Å²) >= 11 is 0. The highest BCUT2D eigenvalue weighted by Crippen LogP contribution is 2.18. The minimum Gasteiger partial charge on any atom is -0.492 e. The van der Waals surface area contributed by atoms with Gasteiger partial charge in [-0.3, -0.25) is 9.78 Å². The number of nitrogens with one attached hydrogen (secondary N) is 1. The van der Waals surface area contributed by atoms with Crippen LogP contribution >= 0.6 is 0 Å². The van der Waals surface area contributed by atoms with Crippen molar-refractivity contribution in [2.24, 2.45) is 5.73 Å². The van der Waals surface area contributed by atoms with Gasteiger partial charge in [0.05, 0.1) is 11.7 Å². The standard InChI is InChI=1S/C18H23N3O2/c1-3-16(17-11-13(2)7-9-20-17)21-18(22)14-5-4-6-15(12-14)23-10-8-19/h4-7,9,11-12,16H,3,8,10,19H2,1-2H3,(H,21,22). The Balaban J connectivity index is 2.10. The molecule has 1 atom stereocenters. The van der Waals surface area contributed by atoms with Gasteiger partial charge in [-0.1, -0.05) is 13.0 Å². The van der Waals surface area contributed by atoms with Gasteiger partial charge in [-0.25, -0.2) is 0 Å². The largest absolute Gasteiger partial charge is 0.492 e. The maximum Gasteiger partial charge on any atom is 0.251 e. The molecule has 1 aromatic heterocycles. The summed E-state index contributed by atoms with van der Waals surface area (Å²) < 4.78 is 5.46. The highest BCUT2D eigenvalue weighted by Gasteiger charge is 2.15. The summed E-state index contributed by atoms with van der Waals surface area (Å²) in [7, 11) is 0. The Bertz CT molecular complexity index is 658. The molecule has 0 aliphatic rings. The molecule has 1 amide bonds. The molecular weight excluding hydrogens is 290 g/mol. The number of ether oxygens (including phenoxy) is 1. The van der Waals surface area contributed by atoms with Crippen molar-refractivity contribution >= 4 is 5.91 Å². The number of carbonyl (C=O) groups is 1. The fraction of sp³-hybridized carbons (Fsp3) is 0.333. The molecule has 0 bridgehead atoms. The Hall–Kier alpha value is -2.40. The minimum absolute atomic E-state index is 0.115. The third-order valence-corrected chi connectivity index (χ3v) is 3.49. The van der Waals surface area contributed by atoms with Gasteiger partial charge in [-0.15, -0.1) is 0 Å². The van der Waals surface area contributed by atoms with Gasteiger partial charge in [-0.05, 0) is 49.2 Å². The Kier molecular flexibility index (Phi) is 6.11. The minimum atomic E-state index is -0.140. The van der Waals surface area contributed by atoms with Crippen LogP contribution in [0.3, 0.4) is 0 Å². The van der Waals surface area contributed by atoms with Crippen molar-refractivity contribution in [2.75, 3.05) is 13.2 Å². The van der Waals surface area contributed by atoms with E-state index in [1.165, 1.54) is 0 Å². The molecule has 122 valence electrons. The summed E-state index contributed by atoms with van der Waals surface area (Å²) in [5, 5.41) is 3.03. The monoisotopic (exact) mass is 313 g/mol. The van der Waals surface area contributed by atoms with Gasteiger partial charge in [-0.2, -0.15) is 0 Å². The van der Waals surface area contributed by atoms with Gasteiger partial charge < -0.3 is 15.8 Å². The zero-order valence-electron chi connectivity index (χ0n) is 13.6. The van der Waals surface area contributed by atoms with Crippen molar-refractivity contribution in [1.82, 2.24) is 10.3 Å². The summed E-state index contributed by atoms with van der Waals surface area (Å²) in [6.45, 7) is 4.90. The van der Waals surface area contributed by atoms with Crippen molar-refractivity contribution in [3.63, 3.8) is 0 Å². The third-order valence-electron chi connectivity index (χ3n) is 3.49. The Labute approximate surface area is 136 Å². The van der Waals surface area contributed by atoms with Gasteiger partial charge in [0.2, 0.25) is 0 Å². The third kappa shape index (κ3) is 4.79. The first-order valence-corrected chi connectivity index (χ1v) is 7.80. The number of hydrogen-bond donors (Lipinski definition) is 2. The highest BCUT2D eigenvalue weighted by molar-refractivity contribution is 5.94. The van der Waals surface area contributed by atoms with E-state index in [1.54, 1.807) is 24.4 Å². The van der Waals surface area contributed by atoms with Gasteiger partial charge in [0, 0.05) is 18.3 Å². The van der Waals surface area contributed by atoms with Crippen LogP contribution in [0.15, 0.2) is 42.6 Å². The lowest BCUT2D eigenvalue weighted by Gasteiger charge is -2.17. The van der Waals surface area contributed by atoms with Crippen molar-refractivity contribution in [3.05, 3.63) is 59.4 Å². The van der Waals surface area contributed by atoms with Crippen LogP contribution in [0.5, 0.6) is 5.75 Å². The Morgan fingerprint density at radius 2 is 2.17 bits per heavy atom. The van der Waals surface area contributed by atoms with Crippen LogP contribution in [0.1, 0.15) is 41.0 Å². The maximum absolute atomic E-state index is 12.5. The van der Waals surface area contributed by atoms with E-state index in [4.69, 9.17) is 10.5 Å². The average molecular weight is 313 g/mol. The fourth-order valence-corrected chi connectivity index (χ4v) is 2.28. The summed E-state index contributed by atoms with van der Waals surface area (Å²) in [5.41, 5.74) is 7.98. The number of nitrogens with zero attached hydrogens (tertiary/aromatic N) is 1. The molecule has 0 aliphatic heterocycles. The molecule has 1 unspecified atom stereocenters. The summed E-state index contributed by atoms with van der Waals surface area (Å²) in [4.78, 5) is 16.8. The highest BCUT2D eigenvalue weighted by atomic mass is 16.5. The molecule has 1 heterocycles. The Morgan fingerprint density at radius 1 is 1.35 bits per heavy atom. The van der Waals surface area contributed by atoms with E-state index in [-0.39, 0.29) is 11.9 Å². The van der Waals surface area contributed by atoms with E-state index in [2.05, 4.69) is 10.3 Å². The molecule has 2 aromatic rings. The molecule has 0 saturated heterocycles. The second kappa shape index (κ2) is 8.29. The van der Waals surface area contributed by atoms with Crippen LogP contribution < -0.4 is 15.8 Å². The molecule has 5 heteroatoms. The molecule has 0 saturated carbocycles. The Morgan fingerprint density at radius 3 is 2.87 bits per heavy atom. The van der Waals surface area contributed by atoms with E-state index in [0.29, 0.717) is 24.5 Å². The number of amides is 1. The fourth-order valence-electron chi connectivity index (χ4n) is 2.28. The normalized spacial score (nSPS) is 11.8. The van der Waals surface area contributed by atoms with Crippen LogP contribution in [0.4, 0.5) is 0 Å². The van der Waals surface area contributed by atoms with E-state index < -0.39 is 0 Å². The quantitative estimate of drug-likeness (QED) is 0.823. The first-order chi connectivity index (χ1) is 11.1. The van der Waals surface area contributed by atoms with Crippen molar-refractivity contribution in [3.8, 4) is 5.75 Å². The maximum atomic E-state index is 12.5. The first kappa shape index (κ1) is 17.0. The lowest BCUT2D eigenvalue weighted by atomic mass is 10.1. The number of nitrogens with two attached hydrogens (primary N) is 1. The van der Waals surface area contributed by atoms with E-state index in [9.17, 15) is 4.79 Å². The van der Waals surface area contributed by atoms with Gasteiger partial charge in [0.15, 0.2) is 0 Å². The predicted molar refractivity (Wildman–Crippen MR) is 90.5 cm³/mol. The van der Waals surface area contributed by atoms with Crippen molar-refractivity contribution in [2.45, 2.75) is 26.3 Å².